The Labute approximate surface area is 151 Å². The molecule has 140 valence electrons. The highest BCUT2D eigenvalue weighted by Gasteiger charge is 2.15. The average molecular weight is 361 g/mol. The highest BCUT2D eigenvalue weighted by molar-refractivity contribution is 5.95. The predicted molar refractivity (Wildman–Crippen MR) is 97.7 cm³/mol. The van der Waals surface area contributed by atoms with Gasteiger partial charge in [0.05, 0.1) is 13.2 Å². The molecule has 2 heterocycles. The smallest absolute Gasteiger partial charge is 0.269 e. The number of amides is 1. The summed E-state index contributed by atoms with van der Waals surface area (Å²) in [4.78, 5) is 26.2. The molecule has 0 fully saturated rings. The van der Waals surface area contributed by atoms with E-state index in [9.17, 15) is 4.79 Å². The standard InChI is InChI=1S/C16H23N7O3/c1-25-9-7-23(8-10-26-2)15-13(17)14(19-11-20-15)21-22-16(24)12-3-5-18-6-4-12/h3-6,11H,7-10,17H2,1-2H3,(H,22,24)(H,19,20,21). The number of pyridine rings is 1. The van der Waals surface area contributed by atoms with Crippen molar-refractivity contribution in [1.82, 2.24) is 20.4 Å². The lowest BCUT2D eigenvalue weighted by Crippen LogP contribution is -2.33. The maximum atomic E-state index is 12.1. The Hall–Kier alpha value is -2.98. The van der Waals surface area contributed by atoms with Crippen LogP contribution < -0.4 is 21.5 Å². The SMILES string of the molecule is COCCN(CCOC)c1ncnc(NNC(=O)c2ccncc2)c1N. The number of nitrogens with zero attached hydrogens (tertiary/aromatic N) is 4. The van der Waals surface area contributed by atoms with Gasteiger partial charge in [-0.3, -0.25) is 20.6 Å². The molecule has 26 heavy (non-hydrogen) atoms. The summed E-state index contributed by atoms with van der Waals surface area (Å²) in [6.07, 6.45) is 4.45. The molecule has 0 atom stereocenters. The number of hydrogen-bond acceptors (Lipinski definition) is 9. The fourth-order valence-electron chi connectivity index (χ4n) is 2.16. The van der Waals surface area contributed by atoms with E-state index in [0.29, 0.717) is 49.2 Å². The second kappa shape index (κ2) is 10.1. The minimum atomic E-state index is -0.331. The van der Waals surface area contributed by atoms with Gasteiger partial charge in [-0.05, 0) is 12.1 Å². The number of nitrogen functional groups attached to an aromatic ring is 1. The number of carbonyl (C=O) groups excluding carboxylic acids is 1. The first-order chi connectivity index (χ1) is 12.7. The van der Waals surface area contributed by atoms with Crippen LogP contribution in [-0.4, -0.2) is 61.4 Å². The Bertz CT molecular complexity index is 691. The van der Waals surface area contributed by atoms with Crippen molar-refractivity contribution < 1.29 is 14.3 Å². The third-order valence-electron chi connectivity index (χ3n) is 3.53. The molecule has 0 aliphatic rings. The van der Waals surface area contributed by atoms with Crippen LogP contribution in [0.5, 0.6) is 0 Å². The van der Waals surface area contributed by atoms with E-state index in [2.05, 4.69) is 25.8 Å². The highest BCUT2D eigenvalue weighted by Crippen LogP contribution is 2.25. The van der Waals surface area contributed by atoms with Gasteiger partial charge in [-0.1, -0.05) is 0 Å². The van der Waals surface area contributed by atoms with Gasteiger partial charge < -0.3 is 20.1 Å². The van der Waals surface area contributed by atoms with Crippen molar-refractivity contribution in [2.24, 2.45) is 0 Å². The number of hydrogen-bond donors (Lipinski definition) is 3. The summed E-state index contributed by atoms with van der Waals surface area (Å²) in [6, 6.07) is 3.20. The zero-order chi connectivity index (χ0) is 18.8. The molecule has 0 saturated heterocycles. The van der Waals surface area contributed by atoms with Crippen LogP contribution in [0.1, 0.15) is 10.4 Å². The molecule has 10 nitrogen and oxygen atoms in total. The zero-order valence-corrected chi connectivity index (χ0v) is 14.8. The van der Waals surface area contributed by atoms with Gasteiger partial charge in [0.1, 0.15) is 12.0 Å². The monoisotopic (exact) mass is 361 g/mol. The van der Waals surface area contributed by atoms with Gasteiger partial charge in [-0.2, -0.15) is 0 Å². The molecule has 0 aromatic carbocycles. The number of rotatable bonds is 10. The number of nitrogens with two attached hydrogens (primary N) is 1. The van der Waals surface area contributed by atoms with Crippen LogP contribution in [0, 0.1) is 0 Å². The van der Waals surface area contributed by atoms with Gasteiger partial charge in [-0.25, -0.2) is 9.97 Å². The predicted octanol–water partition coefficient (Wildman–Crippen LogP) is 0.310. The minimum absolute atomic E-state index is 0.303. The summed E-state index contributed by atoms with van der Waals surface area (Å²) in [5.74, 6) is 0.509. The van der Waals surface area contributed by atoms with Crippen molar-refractivity contribution in [3.63, 3.8) is 0 Å². The molecule has 2 aromatic rings. The molecule has 0 spiro atoms. The van der Waals surface area contributed by atoms with E-state index in [1.165, 1.54) is 18.7 Å². The van der Waals surface area contributed by atoms with Crippen LogP contribution in [-0.2, 0) is 9.47 Å². The number of anilines is 3. The number of carbonyl (C=O) groups is 1. The third-order valence-corrected chi connectivity index (χ3v) is 3.53. The summed E-state index contributed by atoms with van der Waals surface area (Å²) < 4.78 is 10.3. The molecular weight excluding hydrogens is 338 g/mol. The first-order valence-electron chi connectivity index (χ1n) is 7.97. The normalized spacial score (nSPS) is 10.4. The van der Waals surface area contributed by atoms with Crippen LogP contribution in [0.4, 0.5) is 17.3 Å². The molecule has 4 N–H and O–H groups in total. The Balaban J connectivity index is 2.10. The molecule has 0 unspecified atom stereocenters. The van der Waals surface area contributed by atoms with Gasteiger partial charge in [-0.15, -0.1) is 0 Å². The van der Waals surface area contributed by atoms with Crippen molar-refractivity contribution in [2.45, 2.75) is 0 Å². The molecule has 0 aliphatic carbocycles. The molecule has 0 radical (unpaired) electrons. The quantitative estimate of drug-likeness (QED) is 0.512. The zero-order valence-electron chi connectivity index (χ0n) is 14.8. The highest BCUT2D eigenvalue weighted by atomic mass is 16.5. The lowest BCUT2D eigenvalue weighted by molar-refractivity contribution is 0.0962. The lowest BCUT2D eigenvalue weighted by Gasteiger charge is -2.25. The Morgan fingerprint density at radius 2 is 1.81 bits per heavy atom. The van der Waals surface area contributed by atoms with E-state index in [4.69, 9.17) is 15.2 Å². The maximum Gasteiger partial charge on any atom is 0.269 e. The molecule has 1 amide bonds. The van der Waals surface area contributed by atoms with E-state index in [0.717, 1.165) is 0 Å². The first kappa shape index (κ1) is 19.3. The number of aromatic nitrogens is 3. The summed E-state index contributed by atoms with van der Waals surface area (Å²) in [7, 11) is 3.25. The van der Waals surface area contributed by atoms with Crippen LogP contribution in [0.2, 0.25) is 0 Å². The van der Waals surface area contributed by atoms with E-state index in [1.54, 1.807) is 26.4 Å². The second-order valence-corrected chi connectivity index (χ2v) is 5.25. The van der Waals surface area contributed by atoms with Gasteiger partial charge in [0.15, 0.2) is 11.6 Å². The number of ether oxygens (including phenoxy) is 2. The summed E-state index contributed by atoms with van der Waals surface area (Å²) in [5.41, 5.74) is 12.2. The number of nitrogens with one attached hydrogen (secondary N) is 2. The fourth-order valence-corrected chi connectivity index (χ4v) is 2.16. The molecule has 0 saturated carbocycles. The summed E-state index contributed by atoms with van der Waals surface area (Å²) in [5, 5.41) is 0. The van der Waals surface area contributed by atoms with Crippen molar-refractivity contribution in [1.29, 1.82) is 0 Å². The maximum absolute atomic E-state index is 12.1. The van der Waals surface area contributed by atoms with Crippen LogP contribution in [0.15, 0.2) is 30.9 Å². The Morgan fingerprint density at radius 3 is 2.42 bits per heavy atom. The van der Waals surface area contributed by atoms with Crippen molar-refractivity contribution in [2.75, 3.05) is 56.6 Å². The van der Waals surface area contributed by atoms with Crippen LogP contribution in [0.3, 0.4) is 0 Å². The number of methoxy groups -OCH3 is 2. The third kappa shape index (κ3) is 5.26. The van der Waals surface area contributed by atoms with E-state index in [1.807, 2.05) is 4.90 Å². The van der Waals surface area contributed by atoms with Gasteiger partial charge in [0, 0.05) is 45.3 Å². The van der Waals surface area contributed by atoms with Crippen LogP contribution >= 0.6 is 0 Å². The first-order valence-corrected chi connectivity index (χ1v) is 7.97. The van der Waals surface area contributed by atoms with Gasteiger partial charge >= 0.3 is 0 Å². The van der Waals surface area contributed by atoms with Crippen molar-refractivity contribution >= 4 is 23.2 Å². The molecule has 2 aromatic heterocycles. The largest absolute Gasteiger partial charge is 0.393 e. The minimum Gasteiger partial charge on any atom is -0.393 e. The van der Waals surface area contributed by atoms with Crippen molar-refractivity contribution in [3.8, 4) is 0 Å². The molecule has 10 heteroatoms. The Morgan fingerprint density at radius 1 is 1.15 bits per heavy atom. The molecule has 2 rings (SSSR count). The molecular formula is C16H23N7O3. The van der Waals surface area contributed by atoms with Crippen LogP contribution in [0.25, 0.3) is 0 Å². The fraction of sp³-hybridized carbons (Fsp3) is 0.375. The van der Waals surface area contributed by atoms with Crippen molar-refractivity contribution in [3.05, 3.63) is 36.4 Å². The van der Waals surface area contributed by atoms with Gasteiger partial charge in [0.25, 0.3) is 5.91 Å². The summed E-state index contributed by atoms with van der Waals surface area (Å²) >= 11 is 0. The lowest BCUT2D eigenvalue weighted by atomic mass is 10.3. The topological polar surface area (TPSA) is 128 Å². The molecule has 0 bridgehead atoms. The van der Waals surface area contributed by atoms with E-state index < -0.39 is 0 Å². The Kier molecular flexibility index (Phi) is 7.52. The summed E-state index contributed by atoms with van der Waals surface area (Å²) in [6.45, 7) is 2.19. The van der Waals surface area contributed by atoms with E-state index in [-0.39, 0.29) is 5.91 Å². The number of hydrazine groups is 1. The second-order valence-electron chi connectivity index (χ2n) is 5.25. The molecule has 0 aliphatic heterocycles. The van der Waals surface area contributed by atoms with E-state index >= 15 is 0 Å². The average Bonchev–Trinajstić information content (AvgIpc) is 2.68. The van der Waals surface area contributed by atoms with Gasteiger partial charge in [0.2, 0.25) is 0 Å².